The van der Waals surface area contributed by atoms with Crippen LogP contribution in [0.4, 0.5) is 0 Å². The summed E-state index contributed by atoms with van der Waals surface area (Å²) >= 11 is 1.87. The maximum atomic E-state index is 2.41. The van der Waals surface area contributed by atoms with E-state index < -0.39 is 0 Å². The summed E-state index contributed by atoms with van der Waals surface area (Å²) in [5, 5.41) is 1.37. The molecule has 1 nitrogen and oxygen atoms in total. The zero-order chi connectivity index (χ0) is 10.3. The number of fused-ring (bicyclic) bond motifs is 1. The molecule has 0 unspecified atom stereocenters. The zero-order valence-electron chi connectivity index (χ0n) is 9.16. The molecule has 0 saturated carbocycles. The Morgan fingerprint density at radius 2 is 1.79 bits per heavy atom. The minimum absolute atomic E-state index is 0.170. The molecule has 0 radical (unpaired) electrons. The lowest BCUT2D eigenvalue weighted by Gasteiger charge is -2.12. The van der Waals surface area contributed by atoms with Crippen molar-refractivity contribution in [1.82, 2.24) is 0 Å². The van der Waals surface area contributed by atoms with Crippen LogP contribution in [-0.4, -0.2) is 0 Å². The third-order valence-corrected chi connectivity index (χ3v) is 3.39. The van der Waals surface area contributed by atoms with Crippen LogP contribution in [0.3, 0.4) is 0 Å². The van der Waals surface area contributed by atoms with E-state index in [9.17, 15) is 0 Å². The molecular formula is C12H16NS+. The summed E-state index contributed by atoms with van der Waals surface area (Å²) in [6.07, 6.45) is 0. The molecule has 0 N–H and O–H groups in total. The molecule has 1 aromatic heterocycles. The first-order valence-electron chi connectivity index (χ1n) is 4.91. The average molecular weight is 206 g/mol. The number of aryl methyl sites for hydroxylation is 1. The van der Waals surface area contributed by atoms with Gasteiger partial charge < -0.3 is 0 Å². The lowest BCUT2D eigenvalue weighted by atomic mass is 10.1. The largest absolute Gasteiger partial charge is 0.235 e. The van der Waals surface area contributed by atoms with Gasteiger partial charge in [-0.3, -0.25) is 0 Å². The van der Waals surface area contributed by atoms with Crippen molar-refractivity contribution in [3.63, 3.8) is 0 Å². The summed E-state index contributed by atoms with van der Waals surface area (Å²) in [7, 11) is 0. The molecule has 2 heteroatoms. The fourth-order valence-corrected chi connectivity index (χ4v) is 3.13. The van der Waals surface area contributed by atoms with E-state index in [1.165, 1.54) is 15.2 Å². The Bertz CT molecular complexity index is 463. The third kappa shape index (κ3) is 1.44. The molecule has 0 fully saturated rings. The van der Waals surface area contributed by atoms with Gasteiger partial charge in [-0.2, -0.15) is 4.57 Å². The molecular weight excluding hydrogens is 190 g/mol. The van der Waals surface area contributed by atoms with Crippen LogP contribution >= 0.6 is 11.3 Å². The maximum absolute atomic E-state index is 2.41. The van der Waals surface area contributed by atoms with Crippen LogP contribution in [0, 0.1) is 6.92 Å². The molecule has 14 heavy (non-hydrogen) atoms. The topological polar surface area (TPSA) is 3.88 Å². The third-order valence-electron chi connectivity index (χ3n) is 2.35. The predicted octanol–water partition coefficient (Wildman–Crippen LogP) is 3.25. The number of thiazole rings is 1. The van der Waals surface area contributed by atoms with E-state index in [1.807, 2.05) is 11.3 Å². The van der Waals surface area contributed by atoms with Crippen LogP contribution in [0.25, 0.3) is 10.2 Å². The van der Waals surface area contributed by atoms with Gasteiger partial charge in [-0.15, -0.1) is 0 Å². The van der Waals surface area contributed by atoms with E-state index in [2.05, 4.69) is 56.5 Å². The minimum atomic E-state index is 0.170. The maximum Gasteiger partial charge on any atom is 0.235 e. The van der Waals surface area contributed by atoms with Crippen molar-refractivity contribution in [3.05, 3.63) is 29.3 Å². The van der Waals surface area contributed by atoms with E-state index in [4.69, 9.17) is 0 Å². The Balaban J connectivity index is 2.81. The molecule has 0 aliphatic rings. The predicted molar refractivity (Wildman–Crippen MR) is 61.8 cm³/mol. The highest BCUT2D eigenvalue weighted by Crippen LogP contribution is 2.22. The van der Waals surface area contributed by atoms with Crippen LogP contribution in [-0.2, 0) is 5.54 Å². The van der Waals surface area contributed by atoms with Crippen LogP contribution in [0.15, 0.2) is 24.3 Å². The highest BCUT2D eigenvalue weighted by molar-refractivity contribution is 7.18. The van der Waals surface area contributed by atoms with Gasteiger partial charge in [0, 0.05) is 33.8 Å². The number of benzene rings is 1. The number of hydrogen-bond acceptors (Lipinski definition) is 1. The normalized spacial score (nSPS) is 12.3. The SMILES string of the molecule is Cc1sc2ccccc2[n+]1C(C)(C)C. The number of rotatable bonds is 0. The fraction of sp³-hybridized carbons (Fsp3) is 0.417. The van der Waals surface area contributed by atoms with Crippen molar-refractivity contribution in [3.8, 4) is 0 Å². The number of hydrogen-bond donors (Lipinski definition) is 0. The molecule has 1 heterocycles. The Kier molecular flexibility index (Phi) is 2.11. The van der Waals surface area contributed by atoms with Crippen molar-refractivity contribution < 1.29 is 4.57 Å². The number of aromatic nitrogens is 1. The number of nitrogens with zero attached hydrogens (tertiary/aromatic N) is 1. The highest BCUT2D eigenvalue weighted by atomic mass is 32.1. The molecule has 0 atom stereocenters. The van der Waals surface area contributed by atoms with Crippen LogP contribution in [0.1, 0.15) is 25.8 Å². The summed E-state index contributed by atoms with van der Waals surface area (Å²) < 4.78 is 3.78. The highest BCUT2D eigenvalue weighted by Gasteiger charge is 2.28. The Hall–Kier alpha value is -0.890. The van der Waals surface area contributed by atoms with E-state index in [0.29, 0.717) is 0 Å². The van der Waals surface area contributed by atoms with Gasteiger partial charge in [0.25, 0.3) is 0 Å². The quantitative estimate of drug-likeness (QED) is 0.583. The fourth-order valence-electron chi connectivity index (χ4n) is 1.94. The van der Waals surface area contributed by atoms with Gasteiger partial charge in [-0.05, 0) is 6.07 Å². The molecule has 0 spiro atoms. The smallest absolute Gasteiger partial charge is 0.182 e. The van der Waals surface area contributed by atoms with E-state index in [-0.39, 0.29) is 5.54 Å². The van der Waals surface area contributed by atoms with Gasteiger partial charge in [0.1, 0.15) is 4.70 Å². The molecule has 0 aliphatic carbocycles. The molecule has 74 valence electrons. The second-order valence-electron chi connectivity index (χ2n) is 4.60. The Morgan fingerprint density at radius 3 is 2.43 bits per heavy atom. The monoisotopic (exact) mass is 206 g/mol. The zero-order valence-corrected chi connectivity index (χ0v) is 9.98. The van der Waals surface area contributed by atoms with Gasteiger partial charge >= 0.3 is 0 Å². The van der Waals surface area contributed by atoms with Gasteiger partial charge in [0.15, 0.2) is 5.54 Å². The molecule has 0 bridgehead atoms. The summed E-state index contributed by atoms with van der Waals surface area (Å²) in [6, 6.07) is 8.60. The first-order valence-corrected chi connectivity index (χ1v) is 5.72. The number of para-hydroxylation sites is 1. The van der Waals surface area contributed by atoms with Crippen LogP contribution < -0.4 is 4.57 Å². The second-order valence-corrected chi connectivity index (χ2v) is 5.83. The van der Waals surface area contributed by atoms with Crippen LogP contribution in [0.5, 0.6) is 0 Å². The first kappa shape index (κ1) is 9.66. The lowest BCUT2D eigenvalue weighted by Crippen LogP contribution is -2.51. The van der Waals surface area contributed by atoms with E-state index in [0.717, 1.165) is 0 Å². The second kappa shape index (κ2) is 3.06. The van der Waals surface area contributed by atoms with E-state index >= 15 is 0 Å². The summed E-state index contributed by atoms with van der Waals surface area (Å²) in [5.41, 5.74) is 1.52. The molecule has 0 amide bonds. The minimum Gasteiger partial charge on any atom is -0.182 e. The molecule has 1 aromatic carbocycles. The lowest BCUT2D eigenvalue weighted by molar-refractivity contribution is -0.731. The van der Waals surface area contributed by atoms with Crippen molar-refractivity contribution in [2.75, 3.05) is 0 Å². The van der Waals surface area contributed by atoms with Gasteiger partial charge in [0.05, 0.1) is 0 Å². The van der Waals surface area contributed by atoms with Crippen molar-refractivity contribution in [2.24, 2.45) is 0 Å². The molecule has 2 aromatic rings. The Labute approximate surface area is 89.0 Å². The summed E-state index contributed by atoms with van der Waals surface area (Å²) in [5.74, 6) is 0. The Morgan fingerprint density at radius 1 is 1.14 bits per heavy atom. The van der Waals surface area contributed by atoms with Gasteiger partial charge in [-0.25, -0.2) is 0 Å². The first-order chi connectivity index (χ1) is 6.50. The molecule has 2 rings (SSSR count). The van der Waals surface area contributed by atoms with Crippen LogP contribution in [0.2, 0.25) is 0 Å². The van der Waals surface area contributed by atoms with E-state index in [1.54, 1.807) is 0 Å². The van der Waals surface area contributed by atoms with Gasteiger partial charge in [-0.1, -0.05) is 23.5 Å². The summed E-state index contributed by atoms with van der Waals surface area (Å²) in [4.78, 5) is 0. The standard InChI is InChI=1S/C12H16NS/c1-9-13(12(2,3)4)10-7-5-6-8-11(10)14-9/h5-8H,1-4H3/q+1. The van der Waals surface area contributed by atoms with Crippen molar-refractivity contribution in [2.45, 2.75) is 33.2 Å². The molecule has 0 saturated heterocycles. The molecule has 0 aliphatic heterocycles. The van der Waals surface area contributed by atoms with Gasteiger partial charge in [0.2, 0.25) is 10.5 Å². The summed E-state index contributed by atoms with van der Waals surface area (Å²) in [6.45, 7) is 8.94. The average Bonchev–Trinajstić information content (AvgIpc) is 2.38. The van der Waals surface area contributed by atoms with Crippen molar-refractivity contribution >= 4 is 21.6 Å². The van der Waals surface area contributed by atoms with Crippen molar-refractivity contribution in [1.29, 1.82) is 0 Å².